The minimum Gasteiger partial charge on any atom is -0.497 e. The second-order valence-electron chi connectivity index (χ2n) is 5.69. The Morgan fingerprint density at radius 3 is 2.23 bits per heavy atom. The molecule has 0 spiro atoms. The Balaban J connectivity index is 2.18. The molecule has 0 aliphatic carbocycles. The maximum Gasteiger partial charge on any atom is 0.335 e. The minimum atomic E-state index is -0.942. The van der Waals surface area contributed by atoms with Crippen LogP contribution in [0.3, 0.4) is 0 Å². The van der Waals surface area contributed by atoms with Gasteiger partial charge >= 0.3 is 5.69 Å². The molecule has 0 saturated heterocycles. The fourth-order valence-corrected chi connectivity index (χ4v) is 2.55. The molecule has 3 rings (SSSR count). The van der Waals surface area contributed by atoms with E-state index < -0.39 is 28.5 Å². The summed E-state index contributed by atoms with van der Waals surface area (Å²) in [5.41, 5.74) is -0.827. The summed E-state index contributed by atoms with van der Waals surface area (Å²) in [4.78, 5) is 39.1. The third kappa shape index (κ3) is 3.02. The standard InChI is InChI=1S/C19H16N2O5/c1-11-3-5-12(6-4-11)16(22)15-17(23)20-19(25)21(18(15)24)13-7-9-14(26-2)10-8-13/h3-10,24H,1-2H3,(H,20,23,25). The van der Waals surface area contributed by atoms with Crippen LogP contribution in [0.2, 0.25) is 0 Å². The molecule has 0 amide bonds. The Kier molecular flexibility index (Phi) is 4.45. The fourth-order valence-electron chi connectivity index (χ4n) is 2.55. The van der Waals surface area contributed by atoms with E-state index in [0.29, 0.717) is 5.75 Å². The van der Waals surface area contributed by atoms with Crippen molar-refractivity contribution in [3.8, 4) is 17.3 Å². The number of hydrogen-bond acceptors (Lipinski definition) is 5. The lowest BCUT2D eigenvalue weighted by atomic mass is 10.0. The summed E-state index contributed by atoms with van der Waals surface area (Å²) in [7, 11) is 1.50. The molecular formula is C19H16N2O5. The van der Waals surface area contributed by atoms with Gasteiger partial charge in [0, 0.05) is 5.56 Å². The van der Waals surface area contributed by atoms with Crippen molar-refractivity contribution in [2.75, 3.05) is 7.11 Å². The number of ether oxygens (including phenoxy) is 1. The van der Waals surface area contributed by atoms with Crippen LogP contribution in [0, 0.1) is 6.92 Å². The molecule has 0 aliphatic heterocycles. The smallest absolute Gasteiger partial charge is 0.335 e. The number of ketones is 1. The van der Waals surface area contributed by atoms with Gasteiger partial charge in [-0.1, -0.05) is 29.8 Å². The molecule has 0 radical (unpaired) electrons. The molecule has 0 unspecified atom stereocenters. The van der Waals surface area contributed by atoms with Gasteiger partial charge in [-0.05, 0) is 31.2 Å². The molecule has 1 heterocycles. The number of carbonyl (C=O) groups is 1. The van der Waals surface area contributed by atoms with Gasteiger partial charge in [-0.25, -0.2) is 9.36 Å². The first-order valence-electron chi connectivity index (χ1n) is 7.76. The van der Waals surface area contributed by atoms with Crippen LogP contribution in [0.5, 0.6) is 11.6 Å². The Morgan fingerprint density at radius 2 is 1.65 bits per heavy atom. The molecule has 0 fully saturated rings. The molecule has 132 valence electrons. The highest BCUT2D eigenvalue weighted by molar-refractivity contribution is 6.10. The van der Waals surface area contributed by atoms with E-state index in [-0.39, 0.29) is 11.3 Å². The zero-order valence-electron chi connectivity index (χ0n) is 14.1. The Labute approximate surface area is 148 Å². The van der Waals surface area contributed by atoms with Crippen LogP contribution < -0.4 is 16.0 Å². The molecule has 0 bridgehead atoms. The Hall–Kier alpha value is -3.61. The van der Waals surface area contributed by atoms with Crippen LogP contribution in [-0.4, -0.2) is 27.6 Å². The summed E-state index contributed by atoms with van der Waals surface area (Å²) in [5.74, 6) is -0.831. The number of nitrogens with zero attached hydrogens (tertiary/aromatic N) is 1. The zero-order valence-corrected chi connectivity index (χ0v) is 14.1. The maximum absolute atomic E-state index is 12.7. The fraction of sp³-hybridized carbons (Fsp3) is 0.105. The van der Waals surface area contributed by atoms with E-state index in [1.807, 2.05) is 6.92 Å². The molecule has 0 atom stereocenters. The zero-order chi connectivity index (χ0) is 18.8. The van der Waals surface area contributed by atoms with E-state index in [0.717, 1.165) is 10.1 Å². The summed E-state index contributed by atoms with van der Waals surface area (Å²) in [6.45, 7) is 1.86. The third-order valence-electron chi connectivity index (χ3n) is 3.96. The SMILES string of the molecule is COc1ccc(-n2c(O)c(C(=O)c3ccc(C)cc3)c(=O)[nH]c2=O)cc1. The van der Waals surface area contributed by atoms with Gasteiger partial charge in [-0.2, -0.15) is 0 Å². The number of rotatable bonds is 4. The quantitative estimate of drug-likeness (QED) is 0.697. The molecule has 0 aliphatic rings. The number of benzene rings is 2. The van der Waals surface area contributed by atoms with Gasteiger partial charge in [0.1, 0.15) is 11.3 Å². The van der Waals surface area contributed by atoms with Crippen LogP contribution >= 0.6 is 0 Å². The van der Waals surface area contributed by atoms with E-state index in [1.165, 1.54) is 19.2 Å². The first kappa shape index (κ1) is 17.2. The van der Waals surface area contributed by atoms with Gasteiger partial charge in [0.05, 0.1) is 12.8 Å². The van der Waals surface area contributed by atoms with Gasteiger partial charge in [0.25, 0.3) is 5.56 Å². The molecule has 3 aromatic rings. The summed E-state index contributed by atoms with van der Waals surface area (Å²) in [6.07, 6.45) is 0. The highest BCUT2D eigenvalue weighted by Crippen LogP contribution is 2.21. The van der Waals surface area contributed by atoms with E-state index in [9.17, 15) is 19.5 Å². The highest BCUT2D eigenvalue weighted by Gasteiger charge is 2.23. The normalized spacial score (nSPS) is 10.5. The largest absolute Gasteiger partial charge is 0.497 e. The third-order valence-corrected chi connectivity index (χ3v) is 3.96. The lowest BCUT2D eigenvalue weighted by molar-refractivity contribution is 0.103. The summed E-state index contributed by atoms with van der Waals surface area (Å²) >= 11 is 0. The van der Waals surface area contributed by atoms with Crippen molar-refractivity contribution in [1.29, 1.82) is 0 Å². The molecule has 2 aromatic carbocycles. The number of aromatic nitrogens is 2. The van der Waals surface area contributed by atoms with Gasteiger partial charge in [-0.3, -0.25) is 14.6 Å². The predicted molar refractivity (Wildman–Crippen MR) is 95.5 cm³/mol. The maximum atomic E-state index is 12.7. The van der Waals surface area contributed by atoms with E-state index >= 15 is 0 Å². The lowest BCUT2D eigenvalue weighted by Gasteiger charge is -2.11. The number of carbonyl (C=O) groups excluding carboxylic acids is 1. The summed E-state index contributed by atoms with van der Waals surface area (Å²) < 4.78 is 5.92. The first-order valence-corrected chi connectivity index (χ1v) is 7.76. The molecule has 7 heteroatoms. The average Bonchev–Trinajstić information content (AvgIpc) is 2.62. The monoisotopic (exact) mass is 352 g/mol. The number of H-pyrrole nitrogens is 1. The molecule has 1 aromatic heterocycles. The highest BCUT2D eigenvalue weighted by atomic mass is 16.5. The van der Waals surface area contributed by atoms with Crippen LogP contribution in [-0.2, 0) is 0 Å². The van der Waals surface area contributed by atoms with E-state index in [2.05, 4.69) is 4.98 Å². The van der Waals surface area contributed by atoms with Crippen LogP contribution in [0.15, 0.2) is 58.1 Å². The van der Waals surface area contributed by atoms with Crippen LogP contribution in [0.1, 0.15) is 21.5 Å². The number of methoxy groups -OCH3 is 1. The topological polar surface area (TPSA) is 101 Å². The van der Waals surface area contributed by atoms with Crippen LogP contribution in [0.4, 0.5) is 0 Å². The Morgan fingerprint density at radius 1 is 1.04 bits per heavy atom. The van der Waals surface area contributed by atoms with Crippen molar-refractivity contribution in [1.82, 2.24) is 9.55 Å². The lowest BCUT2D eigenvalue weighted by Crippen LogP contribution is -2.33. The van der Waals surface area contributed by atoms with Crippen molar-refractivity contribution in [3.05, 3.63) is 86.1 Å². The van der Waals surface area contributed by atoms with Crippen molar-refractivity contribution in [2.24, 2.45) is 0 Å². The Bertz CT molecular complexity index is 1080. The van der Waals surface area contributed by atoms with Gasteiger partial charge in [0.15, 0.2) is 0 Å². The molecule has 2 N–H and O–H groups in total. The van der Waals surface area contributed by atoms with E-state index in [1.54, 1.807) is 36.4 Å². The molecule has 7 nitrogen and oxygen atoms in total. The number of nitrogens with one attached hydrogen (secondary N) is 1. The number of aryl methyl sites for hydroxylation is 1. The summed E-state index contributed by atoms with van der Waals surface area (Å²) in [5, 5.41) is 10.5. The van der Waals surface area contributed by atoms with Crippen molar-refractivity contribution >= 4 is 5.78 Å². The number of aromatic hydroxyl groups is 1. The van der Waals surface area contributed by atoms with Gasteiger partial charge in [0.2, 0.25) is 11.7 Å². The van der Waals surface area contributed by atoms with Crippen molar-refractivity contribution in [3.63, 3.8) is 0 Å². The van der Waals surface area contributed by atoms with Crippen molar-refractivity contribution < 1.29 is 14.6 Å². The predicted octanol–water partition coefficient (Wildman–Crippen LogP) is 1.78. The molecule has 26 heavy (non-hydrogen) atoms. The second-order valence-corrected chi connectivity index (χ2v) is 5.69. The second kappa shape index (κ2) is 6.72. The number of aromatic amines is 1. The van der Waals surface area contributed by atoms with Crippen LogP contribution in [0.25, 0.3) is 5.69 Å². The average molecular weight is 352 g/mol. The minimum absolute atomic E-state index is 0.233. The van der Waals surface area contributed by atoms with Crippen molar-refractivity contribution in [2.45, 2.75) is 6.92 Å². The van der Waals surface area contributed by atoms with Gasteiger partial charge in [-0.15, -0.1) is 0 Å². The summed E-state index contributed by atoms with van der Waals surface area (Å²) in [6, 6.07) is 12.8. The first-order chi connectivity index (χ1) is 12.4. The van der Waals surface area contributed by atoms with E-state index in [4.69, 9.17) is 4.74 Å². The number of hydrogen-bond donors (Lipinski definition) is 2. The molecular weight excluding hydrogens is 336 g/mol. The molecule has 0 saturated carbocycles. The van der Waals surface area contributed by atoms with Gasteiger partial charge < -0.3 is 9.84 Å².